The Kier molecular flexibility index (Phi) is 4.29. The number of carboxylic acid groups (broad SMARTS) is 1. The number of carboxylic acids is 1. The standard InChI is InChI=1S/C20H15NO5S/c1-25-16(22)10-21-14-9-15(20(23)24)27-19(14)17(12-5-3-2-4-6-12)18(21)13-7-8-26-11-13/h2-9,11H,10H2,1H3,(H,23,24). The molecule has 4 aromatic rings. The summed E-state index contributed by atoms with van der Waals surface area (Å²) in [5, 5.41) is 9.43. The van der Waals surface area contributed by atoms with Gasteiger partial charge in [0, 0.05) is 11.1 Å². The number of carbonyl (C=O) groups is 2. The Labute approximate surface area is 158 Å². The first-order valence-corrected chi connectivity index (χ1v) is 8.96. The maximum absolute atomic E-state index is 12.1. The SMILES string of the molecule is COC(=O)Cn1c(-c2ccoc2)c(-c2ccccc2)c2sc(C(=O)O)cc21. The van der Waals surface area contributed by atoms with Crippen LogP contribution in [0.3, 0.4) is 0 Å². The van der Waals surface area contributed by atoms with Crippen molar-refractivity contribution in [1.82, 2.24) is 4.57 Å². The van der Waals surface area contributed by atoms with Crippen molar-refractivity contribution in [1.29, 1.82) is 0 Å². The summed E-state index contributed by atoms with van der Waals surface area (Å²) < 4.78 is 12.7. The highest BCUT2D eigenvalue weighted by Gasteiger charge is 2.25. The van der Waals surface area contributed by atoms with Gasteiger partial charge in [-0.15, -0.1) is 11.3 Å². The van der Waals surface area contributed by atoms with E-state index in [4.69, 9.17) is 9.15 Å². The normalized spacial score (nSPS) is 11.0. The van der Waals surface area contributed by atoms with Crippen LogP contribution in [0.5, 0.6) is 0 Å². The van der Waals surface area contributed by atoms with Crippen LogP contribution in [0.4, 0.5) is 0 Å². The summed E-state index contributed by atoms with van der Waals surface area (Å²) in [5.41, 5.74) is 4.07. The van der Waals surface area contributed by atoms with E-state index < -0.39 is 11.9 Å². The van der Waals surface area contributed by atoms with Crippen LogP contribution in [-0.2, 0) is 16.1 Å². The van der Waals surface area contributed by atoms with Crippen LogP contribution in [-0.4, -0.2) is 28.7 Å². The zero-order chi connectivity index (χ0) is 19.0. The smallest absolute Gasteiger partial charge is 0.345 e. The maximum Gasteiger partial charge on any atom is 0.345 e. The average Bonchev–Trinajstić information content (AvgIpc) is 3.38. The van der Waals surface area contributed by atoms with Crippen LogP contribution in [0.25, 0.3) is 32.6 Å². The van der Waals surface area contributed by atoms with Gasteiger partial charge >= 0.3 is 11.9 Å². The summed E-state index contributed by atoms with van der Waals surface area (Å²) in [7, 11) is 1.33. The first-order valence-electron chi connectivity index (χ1n) is 8.14. The van der Waals surface area contributed by atoms with Gasteiger partial charge in [-0.05, 0) is 17.7 Å². The van der Waals surface area contributed by atoms with E-state index in [1.807, 2.05) is 36.4 Å². The van der Waals surface area contributed by atoms with Crippen molar-refractivity contribution in [2.75, 3.05) is 7.11 Å². The molecule has 0 atom stereocenters. The molecule has 1 N–H and O–H groups in total. The number of nitrogens with zero attached hydrogens (tertiary/aromatic N) is 1. The number of ether oxygens (including phenoxy) is 1. The van der Waals surface area contributed by atoms with Crippen LogP contribution >= 0.6 is 11.3 Å². The van der Waals surface area contributed by atoms with E-state index in [0.717, 1.165) is 27.1 Å². The highest BCUT2D eigenvalue weighted by Crippen LogP contribution is 2.44. The second-order valence-electron chi connectivity index (χ2n) is 5.89. The largest absolute Gasteiger partial charge is 0.477 e. The highest BCUT2D eigenvalue weighted by molar-refractivity contribution is 7.21. The number of hydrogen-bond acceptors (Lipinski definition) is 5. The Morgan fingerprint density at radius 1 is 1.19 bits per heavy atom. The van der Waals surface area contributed by atoms with E-state index in [2.05, 4.69) is 0 Å². The minimum atomic E-state index is -0.996. The van der Waals surface area contributed by atoms with Gasteiger partial charge in [0.05, 0.1) is 35.5 Å². The van der Waals surface area contributed by atoms with E-state index in [9.17, 15) is 14.7 Å². The van der Waals surface area contributed by atoms with Crippen molar-refractivity contribution in [3.63, 3.8) is 0 Å². The van der Waals surface area contributed by atoms with Crippen LogP contribution < -0.4 is 0 Å². The number of methoxy groups -OCH3 is 1. The molecule has 1 aromatic carbocycles. The lowest BCUT2D eigenvalue weighted by molar-refractivity contribution is -0.141. The van der Waals surface area contributed by atoms with Crippen molar-refractivity contribution >= 4 is 33.5 Å². The lowest BCUT2D eigenvalue weighted by Crippen LogP contribution is -2.12. The highest BCUT2D eigenvalue weighted by atomic mass is 32.1. The van der Waals surface area contributed by atoms with Gasteiger partial charge in [0.15, 0.2) is 0 Å². The van der Waals surface area contributed by atoms with E-state index in [0.29, 0.717) is 5.52 Å². The lowest BCUT2D eigenvalue weighted by atomic mass is 10.0. The van der Waals surface area contributed by atoms with Gasteiger partial charge in [0.1, 0.15) is 11.4 Å². The number of hydrogen-bond donors (Lipinski definition) is 1. The molecule has 0 radical (unpaired) electrons. The topological polar surface area (TPSA) is 81.7 Å². The molecule has 7 heteroatoms. The fourth-order valence-electron chi connectivity index (χ4n) is 3.16. The Bertz CT molecular complexity index is 1120. The molecule has 4 rings (SSSR count). The predicted molar refractivity (Wildman–Crippen MR) is 102 cm³/mol. The van der Waals surface area contributed by atoms with Crippen molar-refractivity contribution < 1.29 is 23.8 Å². The fraction of sp³-hybridized carbons (Fsp3) is 0.100. The molecule has 0 bridgehead atoms. The number of rotatable bonds is 5. The third-order valence-corrected chi connectivity index (χ3v) is 5.45. The first kappa shape index (κ1) is 17.1. The molecule has 3 aromatic heterocycles. The van der Waals surface area contributed by atoms with Crippen molar-refractivity contribution in [3.8, 4) is 22.4 Å². The lowest BCUT2D eigenvalue weighted by Gasteiger charge is -2.10. The van der Waals surface area contributed by atoms with E-state index in [1.54, 1.807) is 23.2 Å². The average molecular weight is 381 g/mol. The number of fused-ring (bicyclic) bond motifs is 1. The van der Waals surface area contributed by atoms with Gasteiger partial charge in [0.25, 0.3) is 0 Å². The summed E-state index contributed by atoms with van der Waals surface area (Å²) >= 11 is 1.19. The number of esters is 1. The summed E-state index contributed by atoms with van der Waals surface area (Å²) in [6.45, 7) is -0.0316. The van der Waals surface area contributed by atoms with Gasteiger partial charge in [-0.25, -0.2) is 4.79 Å². The van der Waals surface area contributed by atoms with Crippen LogP contribution in [0.15, 0.2) is 59.4 Å². The number of carbonyl (C=O) groups excluding carboxylic acids is 1. The van der Waals surface area contributed by atoms with Crippen molar-refractivity contribution in [2.45, 2.75) is 6.54 Å². The number of aromatic carboxylic acids is 1. The molecule has 3 heterocycles. The Morgan fingerprint density at radius 2 is 1.96 bits per heavy atom. The van der Waals surface area contributed by atoms with Crippen LogP contribution in [0.1, 0.15) is 9.67 Å². The molecule has 0 saturated heterocycles. The Morgan fingerprint density at radius 3 is 2.59 bits per heavy atom. The van der Waals surface area contributed by atoms with E-state index in [1.165, 1.54) is 18.4 Å². The molecule has 136 valence electrons. The van der Waals surface area contributed by atoms with Gasteiger partial charge in [-0.2, -0.15) is 0 Å². The zero-order valence-electron chi connectivity index (χ0n) is 14.3. The number of benzene rings is 1. The summed E-state index contributed by atoms with van der Waals surface area (Å²) in [6, 6.07) is 13.1. The van der Waals surface area contributed by atoms with Gasteiger partial charge in [-0.1, -0.05) is 30.3 Å². The van der Waals surface area contributed by atoms with E-state index in [-0.39, 0.29) is 11.4 Å². The molecule has 0 fully saturated rings. The second kappa shape index (κ2) is 6.77. The zero-order valence-corrected chi connectivity index (χ0v) is 15.2. The number of aromatic nitrogens is 1. The second-order valence-corrected chi connectivity index (χ2v) is 6.95. The molecule has 0 aliphatic carbocycles. The molecule has 6 nitrogen and oxygen atoms in total. The van der Waals surface area contributed by atoms with Gasteiger partial charge < -0.3 is 18.8 Å². The number of thiophene rings is 1. The molecule has 27 heavy (non-hydrogen) atoms. The minimum Gasteiger partial charge on any atom is -0.477 e. The van der Waals surface area contributed by atoms with Crippen LogP contribution in [0.2, 0.25) is 0 Å². The first-order chi connectivity index (χ1) is 13.1. The fourth-order valence-corrected chi connectivity index (χ4v) is 4.23. The summed E-state index contributed by atoms with van der Waals surface area (Å²) in [5.74, 6) is -1.41. The van der Waals surface area contributed by atoms with E-state index >= 15 is 0 Å². The maximum atomic E-state index is 12.1. The van der Waals surface area contributed by atoms with Gasteiger partial charge in [0.2, 0.25) is 0 Å². The van der Waals surface area contributed by atoms with Gasteiger partial charge in [-0.3, -0.25) is 4.79 Å². The quantitative estimate of drug-likeness (QED) is 0.515. The molecular formula is C20H15NO5S. The van der Waals surface area contributed by atoms with Crippen LogP contribution in [0, 0.1) is 0 Å². The summed E-state index contributed by atoms with van der Waals surface area (Å²) in [4.78, 5) is 23.8. The summed E-state index contributed by atoms with van der Waals surface area (Å²) in [6.07, 6.45) is 3.17. The van der Waals surface area contributed by atoms with Crippen molar-refractivity contribution in [2.24, 2.45) is 0 Å². The predicted octanol–water partition coefficient (Wildman–Crippen LogP) is 4.50. The minimum absolute atomic E-state index is 0.0316. The Hall–Kier alpha value is -3.32. The third kappa shape index (κ3) is 2.92. The molecular weight excluding hydrogens is 366 g/mol. The molecule has 0 amide bonds. The molecule has 0 aliphatic heterocycles. The molecule has 0 unspecified atom stereocenters. The monoisotopic (exact) mass is 381 g/mol. The Balaban J connectivity index is 2.09. The molecule has 0 aliphatic rings. The molecule has 0 saturated carbocycles. The number of furan rings is 1. The molecule has 0 spiro atoms. The van der Waals surface area contributed by atoms with Crippen molar-refractivity contribution in [3.05, 3.63) is 59.9 Å². The third-order valence-electron chi connectivity index (χ3n) is 4.32.